The van der Waals surface area contributed by atoms with Gasteiger partial charge in [0.25, 0.3) is 0 Å². The highest BCUT2D eigenvalue weighted by Gasteiger charge is 2.18. The first-order valence-electron chi connectivity index (χ1n) is 2.82. The van der Waals surface area contributed by atoms with Gasteiger partial charge in [-0.3, -0.25) is 9.79 Å². The van der Waals surface area contributed by atoms with Crippen molar-refractivity contribution in [2.75, 3.05) is 0 Å². The lowest BCUT2D eigenvalue weighted by Gasteiger charge is -2.03. The van der Waals surface area contributed by atoms with E-state index in [1.54, 1.807) is 0 Å². The summed E-state index contributed by atoms with van der Waals surface area (Å²) in [6, 6.07) is 2.39. The summed E-state index contributed by atoms with van der Waals surface area (Å²) in [4.78, 5) is 27.3. The molecule has 0 saturated carbocycles. The highest BCUT2D eigenvalue weighted by Crippen LogP contribution is 2.35. The normalized spacial score (nSPS) is 11.2. The van der Waals surface area contributed by atoms with Crippen molar-refractivity contribution in [3.8, 4) is 5.75 Å². The number of hydrogen-bond acceptors (Lipinski definition) is 4. The molecule has 66 valence electrons. The van der Waals surface area contributed by atoms with E-state index < -0.39 is 19.2 Å². The predicted octanol–water partition coefficient (Wildman–Crippen LogP) is 0.111. The number of rotatable bonds is 2. The van der Waals surface area contributed by atoms with Gasteiger partial charge in [-0.1, -0.05) is 0 Å². The maximum absolute atomic E-state index is 10.7. The summed E-state index contributed by atoms with van der Waals surface area (Å²) in [7, 11) is -4.67. The average Bonchev–Trinajstić information content (AvgIpc) is 1.91. The van der Waals surface area contributed by atoms with Gasteiger partial charge in [-0.25, -0.2) is 9.36 Å². The Labute approximate surface area is 66.6 Å². The molecule has 0 saturated heterocycles. The molecule has 1 heterocycles. The molecule has 0 radical (unpaired) electrons. The zero-order valence-electron chi connectivity index (χ0n) is 5.71. The second-order valence-corrected chi connectivity index (χ2v) is 3.01. The largest absolute Gasteiger partial charge is 0.525 e. The van der Waals surface area contributed by atoms with Gasteiger partial charge < -0.3 is 8.94 Å². The van der Waals surface area contributed by atoms with Gasteiger partial charge in [-0.2, -0.15) is 0 Å². The fourth-order valence-corrected chi connectivity index (χ4v) is 0.941. The Balaban J connectivity index is 2.99. The fraction of sp³-hybridized carbons (Fsp3) is 0. The van der Waals surface area contributed by atoms with Crippen LogP contribution in [0.1, 0.15) is 0 Å². The molecule has 0 aliphatic heterocycles. The lowest BCUT2D eigenvalue weighted by molar-refractivity contribution is 0.277. The molecular formula is C5H5O6P. The summed E-state index contributed by atoms with van der Waals surface area (Å²) >= 11 is 0. The molecule has 1 aromatic heterocycles. The minimum absolute atomic E-state index is 0.508. The van der Waals surface area contributed by atoms with E-state index in [0.717, 1.165) is 12.3 Å². The van der Waals surface area contributed by atoms with Crippen LogP contribution in [-0.2, 0) is 4.57 Å². The molecule has 6 nitrogen and oxygen atoms in total. The van der Waals surface area contributed by atoms with E-state index in [-0.39, 0.29) is 0 Å². The van der Waals surface area contributed by atoms with Crippen molar-refractivity contribution < 1.29 is 23.3 Å². The highest BCUT2D eigenvalue weighted by atomic mass is 31.2. The topological polar surface area (TPSA) is 97.0 Å². The second-order valence-electron chi connectivity index (χ2n) is 1.85. The summed E-state index contributed by atoms with van der Waals surface area (Å²) in [6.07, 6.45) is 1.08. The van der Waals surface area contributed by atoms with E-state index in [0.29, 0.717) is 0 Å². The van der Waals surface area contributed by atoms with Crippen molar-refractivity contribution in [2.24, 2.45) is 0 Å². The molecule has 0 amide bonds. The van der Waals surface area contributed by atoms with Crippen LogP contribution in [0.15, 0.2) is 27.6 Å². The van der Waals surface area contributed by atoms with Gasteiger partial charge in [0.1, 0.15) is 0 Å². The molecule has 0 aliphatic rings. The van der Waals surface area contributed by atoms with Crippen LogP contribution >= 0.6 is 7.82 Å². The molecule has 1 aromatic rings. The molecule has 0 aliphatic carbocycles. The summed E-state index contributed by atoms with van der Waals surface area (Å²) in [6.45, 7) is 0. The SMILES string of the molecule is O=c1occcc1OP(=O)(O)O. The van der Waals surface area contributed by atoms with Crippen molar-refractivity contribution in [2.45, 2.75) is 0 Å². The van der Waals surface area contributed by atoms with Crippen LogP contribution in [-0.4, -0.2) is 9.79 Å². The Hall–Kier alpha value is -1.10. The van der Waals surface area contributed by atoms with Gasteiger partial charge in [-0.15, -0.1) is 0 Å². The van der Waals surface area contributed by atoms with Crippen molar-refractivity contribution in [1.82, 2.24) is 0 Å². The first-order valence-corrected chi connectivity index (χ1v) is 4.35. The quantitative estimate of drug-likeness (QED) is 0.645. The Bertz CT molecular complexity index is 362. The first kappa shape index (κ1) is 8.99. The van der Waals surface area contributed by atoms with Crippen LogP contribution in [0.4, 0.5) is 0 Å². The molecule has 1 rings (SSSR count). The van der Waals surface area contributed by atoms with Gasteiger partial charge in [0.15, 0.2) is 0 Å². The number of phosphoric ester groups is 1. The zero-order chi connectivity index (χ0) is 9.19. The molecule has 7 heteroatoms. The Morgan fingerprint density at radius 3 is 2.67 bits per heavy atom. The Kier molecular flexibility index (Phi) is 2.32. The molecule has 0 atom stereocenters. The van der Waals surface area contributed by atoms with E-state index >= 15 is 0 Å². The predicted molar refractivity (Wildman–Crippen MR) is 37.7 cm³/mol. The van der Waals surface area contributed by atoms with Crippen molar-refractivity contribution in [3.63, 3.8) is 0 Å². The third-order valence-corrected chi connectivity index (χ3v) is 1.35. The second kappa shape index (κ2) is 3.10. The van der Waals surface area contributed by atoms with Crippen LogP contribution in [0, 0.1) is 0 Å². The van der Waals surface area contributed by atoms with E-state index in [1.165, 1.54) is 6.07 Å². The van der Waals surface area contributed by atoms with Crippen LogP contribution < -0.4 is 10.1 Å². The Morgan fingerprint density at radius 1 is 1.50 bits per heavy atom. The smallest absolute Gasteiger partial charge is 0.429 e. The van der Waals surface area contributed by atoms with E-state index in [1.807, 2.05) is 0 Å². The summed E-state index contributed by atoms with van der Waals surface area (Å²) < 4.78 is 18.5. The van der Waals surface area contributed by atoms with Gasteiger partial charge in [0.2, 0.25) is 5.75 Å². The fourth-order valence-electron chi connectivity index (χ4n) is 0.550. The molecule has 0 bridgehead atoms. The van der Waals surface area contributed by atoms with Gasteiger partial charge >= 0.3 is 13.4 Å². The monoisotopic (exact) mass is 192 g/mol. The van der Waals surface area contributed by atoms with Crippen LogP contribution in [0.25, 0.3) is 0 Å². The summed E-state index contributed by atoms with van der Waals surface area (Å²) in [5, 5.41) is 0. The van der Waals surface area contributed by atoms with Crippen LogP contribution in [0.5, 0.6) is 5.75 Å². The van der Waals surface area contributed by atoms with Crippen LogP contribution in [0.3, 0.4) is 0 Å². The van der Waals surface area contributed by atoms with Gasteiger partial charge in [0.05, 0.1) is 6.26 Å². The lowest BCUT2D eigenvalue weighted by Crippen LogP contribution is -2.03. The van der Waals surface area contributed by atoms with E-state index in [4.69, 9.17) is 9.79 Å². The van der Waals surface area contributed by atoms with Crippen molar-refractivity contribution in [1.29, 1.82) is 0 Å². The van der Waals surface area contributed by atoms with Crippen molar-refractivity contribution >= 4 is 7.82 Å². The van der Waals surface area contributed by atoms with Crippen molar-refractivity contribution in [3.05, 3.63) is 28.8 Å². The highest BCUT2D eigenvalue weighted by molar-refractivity contribution is 7.46. The minimum Gasteiger partial charge on any atom is -0.429 e. The number of phosphoric acid groups is 1. The minimum atomic E-state index is -4.67. The van der Waals surface area contributed by atoms with E-state index in [9.17, 15) is 9.36 Å². The molecule has 0 fully saturated rings. The zero-order valence-corrected chi connectivity index (χ0v) is 6.60. The van der Waals surface area contributed by atoms with Gasteiger partial charge in [-0.05, 0) is 12.1 Å². The maximum atomic E-state index is 10.7. The molecule has 0 aromatic carbocycles. The molecule has 0 spiro atoms. The molecular weight excluding hydrogens is 187 g/mol. The van der Waals surface area contributed by atoms with Gasteiger partial charge in [0, 0.05) is 0 Å². The summed E-state index contributed by atoms with van der Waals surface area (Å²) in [5.74, 6) is -0.508. The Morgan fingerprint density at radius 2 is 2.17 bits per heavy atom. The van der Waals surface area contributed by atoms with E-state index in [2.05, 4.69) is 8.94 Å². The summed E-state index contributed by atoms with van der Waals surface area (Å²) in [5.41, 5.74) is -0.930. The standard InChI is InChI=1S/C5H5O6P/c6-5-4(2-1-3-10-5)11-12(7,8)9/h1-3H,(H2,7,8,9). The third kappa shape index (κ3) is 2.50. The average molecular weight is 192 g/mol. The molecule has 0 unspecified atom stereocenters. The molecule has 12 heavy (non-hydrogen) atoms. The maximum Gasteiger partial charge on any atom is 0.525 e. The van der Waals surface area contributed by atoms with Crippen LogP contribution in [0.2, 0.25) is 0 Å². The molecule has 2 N–H and O–H groups in total. The third-order valence-electron chi connectivity index (χ3n) is 0.920. The first-order chi connectivity index (χ1) is 5.49. The lowest BCUT2D eigenvalue weighted by atomic mass is 10.5. The number of hydrogen-bond donors (Lipinski definition) is 2.